The molecule has 0 fully saturated rings. The lowest BCUT2D eigenvalue weighted by molar-refractivity contribution is 0.123. The lowest BCUT2D eigenvalue weighted by Gasteiger charge is -2.24. The quantitative estimate of drug-likeness (QED) is 0.320. The van der Waals surface area contributed by atoms with Crippen LogP contribution >= 0.6 is 12.4 Å². The van der Waals surface area contributed by atoms with Gasteiger partial charge in [0.05, 0.1) is 0 Å². The standard InChI is InChI=1S/C11H26N2O3Si.ClH/c1-5-7-12-9-10-13-8-6-11-17(14-2,15-3)16-4;/h5,12-13H,1,6-11H2,2-4H3;1H. The molecule has 0 atom stereocenters. The summed E-state index contributed by atoms with van der Waals surface area (Å²) in [5.74, 6) is 0. The van der Waals surface area contributed by atoms with Crippen molar-refractivity contribution in [3.05, 3.63) is 12.7 Å². The SMILES string of the molecule is C=CCNCCNCCC[Si](OC)(OC)OC.Cl. The number of halogens is 1. The van der Waals surface area contributed by atoms with Crippen LogP contribution in [0.3, 0.4) is 0 Å². The summed E-state index contributed by atoms with van der Waals surface area (Å²) in [6, 6.07) is 0.837. The average Bonchev–Trinajstić information content (AvgIpc) is 2.38. The van der Waals surface area contributed by atoms with E-state index in [9.17, 15) is 0 Å². The molecule has 7 heteroatoms. The molecule has 0 aliphatic rings. The normalized spacial score (nSPS) is 11.1. The lowest BCUT2D eigenvalue weighted by atomic mass is 10.4. The summed E-state index contributed by atoms with van der Waals surface area (Å²) >= 11 is 0. The molecule has 0 amide bonds. The Morgan fingerprint density at radius 2 is 1.56 bits per heavy atom. The van der Waals surface area contributed by atoms with Gasteiger partial charge >= 0.3 is 8.80 Å². The minimum Gasteiger partial charge on any atom is -0.377 e. The zero-order valence-corrected chi connectivity index (χ0v) is 13.5. The van der Waals surface area contributed by atoms with Crippen LogP contribution in [-0.4, -0.2) is 56.3 Å². The van der Waals surface area contributed by atoms with Crippen molar-refractivity contribution < 1.29 is 13.3 Å². The van der Waals surface area contributed by atoms with Crippen molar-refractivity contribution in [2.45, 2.75) is 12.5 Å². The largest absolute Gasteiger partial charge is 0.500 e. The van der Waals surface area contributed by atoms with Crippen LogP contribution in [0.4, 0.5) is 0 Å². The van der Waals surface area contributed by atoms with Gasteiger partial charge in [-0.15, -0.1) is 19.0 Å². The molecule has 0 spiro atoms. The highest BCUT2D eigenvalue weighted by atomic mass is 35.5. The lowest BCUT2D eigenvalue weighted by Crippen LogP contribution is -2.43. The number of rotatable bonds is 12. The van der Waals surface area contributed by atoms with E-state index in [4.69, 9.17) is 13.3 Å². The Hall–Kier alpha value is 0.0469. The summed E-state index contributed by atoms with van der Waals surface area (Å²) in [5, 5.41) is 6.58. The molecule has 0 aromatic carbocycles. The molecule has 0 aromatic rings. The molecule has 0 unspecified atom stereocenters. The number of hydrogen-bond donors (Lipinski definition) is 2. The molecule has 0 saturated heterocycles. The Bertz CT molecular complexity index is 187. The smallest absolute Gasteiger partial charge is 0.377 e. The molecule has 0 aliphatic carbocycles. The number of nitrogens with one attached hydrogen (secondary N) is 2. The monoisotopic (exact) mass is 298 g/mol. The van der Waals surface area contributed by atoms with Gasteiger partial charge in [-0.25, -0.2) is 0 Å². The van der Waals surface area contributed by atoms with E-state index < -0.39 is 8.80 Å². The molecule has 2 N–H and O–H groups in total. The summed E-state index contributed by atoms with van der Waals surface area (Å²) in [5.41, 5.74) is 0. The second kappa shape index (κ2) is 13.5. The van der Waals surface area contributed by atoms with Gasteiger partial charge in [-0.1, -0.05) is 6.08 Å². The molecular formula is C11H27ClN2O3Si. The third-order valence-electron chi connectivity index (χ3n) is 2.54. The topological polar surface area (TPSA) is 51.8 Å². The summed E-state index contributed by atoms with van der Waals surface area (Å²) in [7, 11) is 2.57. The first-order chi connectivity index (χ1) is 8.24. The first kappa shape index (κ1) is 20.4. The molecule has 0 bridgehead atoms. The van der Waals surface area contributed by atoms with Crippen molar-refractivity contribution in [2.24, 2.45) is 0 Å². The van der Waals surface area contributed by atoms with Gasteiger partial charge in [0, 0.05) is 47.0 Å². The summed E-state index contributed by atoms with van der Waals surface area (Å²) in [6.07, 6.45) is 2.85. The van der Waals surface area contributed by atoms with E-state index in [0.29, 0.717) is 0 Å². The van der Waals surface area contributed by atoms with Crippen molar-refractivity contribution >= 4 is 21.2 Å². The fraction of sp³-hybridized carbons (Fsp3) is 0.818. The van der Waals surface area contributed by atoms with Crippen LogP contribution < -0.4 is 10.6 Å². The summed E-state index contributed by atoms with van der Waals surface area (Å²) in [4.78, 5) is 0. The highest BCUT2D eigenvalue weighted by Gasteiger charge is 2.36. The molecule has 0 radical (unpaired) electrons. The fourth-order valence-corrected chi connectivity index (χ4v) is 3.21. The molecule has 0 aliphatic heterocycles. The van der Waals surface area contributed by atoms with E-state index in [2.05, 4.69) is 17.2 Å². The van der Waals surface area contributed by atoms with Gasteiger partial charge in [-0.3, -0.25) is 0 Å². The number of hydrogen-bond acceptors (Lipinski definition) is 5. The van der Waals surface area contributed by atoms with E-state index in [-0.39, 0.29) is 12.4 Å². The predicted molar refractivity (Wildman–Crippen MR) is 79.4 cm³/mol. The maximum atomic E-state index is 5.34. The minimum absolute atomic E-state index is 0. The molecular weight excluding hydrogens is 272 g/mol. The van der Waals surface area contributed by atoms with Crippen molar-refractivity contribution in [1.82, 2.24) is 10.6 Å². The van der Waals surface area contributed by atoms with Gasteiger partial charge in [-0.05, 0) is 13.0 Å². The van der Waals surface area contributed by atoms with Crippen LogP contribution in [0.2, 0.25) is 6.04 Å². The highest BCUT2D eigenvalue weighted by Crippen LogP contribution is 2.14. The van der Waals surface area contributed by atoms with Crippen LogP contribution in [0.15, 0.2) is 12.7 Å². The van der Waals surface area contributed by atoms with E-state index in [1.54, 1.807) is 21.3 Å². The van der Waals surface area contributed by atoms with E-state index >= 15 is 0 Å². The van der Waals surface area contributed by atoms with Gasteiger partial charge in [0.2, 0.25) is 0 Å². The van der Waals surface area contributed by atoms with Crippen molar-refractivity contribution in [3.8, 4) is 0 Å². The van der Waals surface area contributed by atoms with Gasteiger partial charge in [-0.2, -0.15) is 0 Å². The third-order valence-corrected chi connectivity index (χ3v) is 5.37. The third kappa shape index (κ3) is 9.04. The zero-order chi connectivity index (χ0) is 13.0. The van der Waals surface area contributed by atoms with Crippen LogP contribution in [0, 0.1) is 0 Å². The Kier molecular flexibility index (Phi) is 15.2. The van der Waals surface area contributed by atoms with E-state index in [1.165, 1.54) is 0 Å². The van der Waals surface area contributed by atoms with Gasteiger partial charge in [0.1, 0.15) is 0 Å². The van der Waals surface area contributed by atoms with Crippen LogP contribution in [0.5, 0.6) is 0 Å². The molecule has 110 valence electrons. The Morgan fingerprint density at radius 3 is 2.06 bits per heavy atom. The highest BCUT2D eigenvalue weighted by molar-refractivity contribution is 6.60. The maximum Gasteiger partial charge on any atom is 0.500 e. The molecule has 0 rings (SSSR count). The molecule has 5 nitrogen and oxygen atoms in total. The molecule has 0 aromatic heterocycles. The fourth-order valence-electron chi connectivity index (χ4n) is 1.49. The predicted octanol–water partition coefficient (Wildman–Crippen LogP) is 1.04. The molecule has 0 saturated carbocycles. The Balaban J connectivity index is 0. The van der Waals surface area contributed by atoms with E-state index in [0.717, 1.165) is 38.6 Å². The van der Waals surface area contributed by atoms with Crippen LogP contribution in [-0.2, 0) is 13.3 Å². The van der Waals surface area contributed by atoms with Crippen LogP contribution in [0.1, 0.15) is 6.42 Å². The average molecular weight is 299 g/mol. The second-order valence-corrected chi connectivity index (χ2v) is 6.73. The maximum absolute atomic E-state index is 5.34. The Morgan fingerprint density at radius 1 is 1.00 bits per heavy atom. The van der Waals surface area contributed by atoms with Crippen LogP contribution in [0.25, 0.3) is 0 Å². The Labute approximate surface area is 118 Å². The van der Waals surface area contributed by atoms with E-state index in [1.807, 2.05) is 6.08 Å². The first-order valence-electron chi connectivity index (χ1n) is 5.92. The second-order valence-electron chi connectivity index (χ2n) is 3.64. The van der Waals surface area contributed by atoms with Crippen molar-refractivity contribution in [3.63, 3.8) is 0 Å². The zero-order valence-electron chi connectivity index (χ0n) is 11.7. The van der Waals surface area contributed by atoms with Gasteiger partial charge in [0.15, 0.2) is 0 Å². The van der Waals surface area contributed by atoms with Gasteiger partial charge in [0.25, 0.3) is 0 Å². The summed E-state index contributed by atoms with van der Waals surface area (Å²) in [6.45, 7) is 7.35. The minimum atomic E-state index is -2.37. The first-order valence-corrected chi connectivity index (χ1v) is 7.85. The van der Waals surface area contributed by atoms with Crippen molar-refractivity contribution in [2.75, 3.05) is 47.5 Å². The molecule has 0 heterocycles. The summed E-state index contributed by atoms with van der Waals surface area (Å²) < 4.78 is 16.0. The van der Waals surface area contributed by atoms with Crippen molar-refractivity contribution in [1.29, 1.82) is 0 Å². The van der Waals surface area contributed by atoms with Gasteiger partial charge < -0.3 is 23.9 Å². The molecule has 18 heavy (non-hydrogen) atoms.